The van der Waals surface area contributed by atoms with E-state index in [1.54, 1.807) is 12.1 Å². The zero-order chi connectivity index (χ0) is 15.5. The molecule has 1 aromatic carbocycles. The molecule has 0 saturated heterocycles. The fourth-order valence-corrected chi connectivity index (χ4v) is 2.98. The molecule has 3 heteroatoms. The molecule has 3 atom stereocenters. The second-order valence-electron chi connectivity index (χ2n) is 6.90. The van der Waals surface area contributed by atoms with E-state index in [9.17, 15) is 5.26 Å². The van der Waals surface area contributed by atoms with Gasteiger partial charge in [-0.15, -0.1) is 0 Å². The van der Waals surface area contributed by atoms with Crippen molar-refractivity contribution < 1.29 is 4.74 Å². The summed E-state index contributed by atoms with van der Waals surface area (Å²) in [6.45, 7) is 6.76. The third-order valence-corrected chi connectivity index (χ3v) is 4.45. The highest BCUT2D eigenvalue weighted by atomic mass is 16.5. The van der Waals surface area contributed by atoms with E-state index in [1.165, 1.54) is 0 Å². The summed E-state index contributed by atoms with van der Waals surface area (Å²) < 4.78 is 6.05. The summed E-state index contributed by atoms with van der Waals surface area (Å²) >= 11 is 0. The van der Waals surface area contributed by atoms with Crippen LogP contribution in [-0.2, 0) is 0 Å². The Morgan fingerprint density at radius 2 is 1.76 bits per heavy atom. The molecule has 110 valence electrons. The van der Waals surface area contributed by atoms with Gasteiger partial charge in [-0.2, -0.15) is 10.5 Å². The molecule has 1 aliphatic carbocycles. The molecule has 0 heterocycles. The van der Waals surface area contributed by atoms with Crippen LogP contribution in [0.25, 0.3) is 0 Å². The van der Waals surface area contributed by atoms with E-state index in [2.05, 4.69) is 32.9 Å². The number of nitriles is 2. The van der Waals surface area contributed by atoms with Gasteiger partial charge in [-0.25, -0.2) is 0 Å². The van der Waals surface area contributed by atoms with Gasteiger partial charge in [-0.1, -0.05) is 20.8 Å². The smallest absolute Gasteiger partial charge is 0.119 e. The van der Waals surface area contributed by atoms with Crippen molar-refractivity contribution >= 4 is 0 Å². The van der Waals surface area contributed by atoms with Gasteiger partial charge in [0, 0.05) is 0 Å². The van der Waals surface area contributed by atoms with Gasteiger partial charge in [0.15, 0.2) is 0 Å². The Labute approximate surface area is 127 Å². The molecule has 0 bridgehead atoms. The summed E-state index contributed by atoms with van der Waals surface area (Å²) in [5.41, 5.74) is 0.863. The molecule has 0 amide bonds. The molecule has 0 aromatic heterocycles. The van der Waals surface area contributed by atoms with Crippen LogP contribution < -0.4 is 4.74 Å². The number of nitrogens with zero attached hydrogens (tertiary/aromatic N) is 2. The third-order valence-electron chi connectivity index (χ3n) is 4.45. The number of rotatable bonds is 2. The highest BCUT2D eigenvalue weighted by Crippen LogP contribution is 2.41. The van der Waals surface area contributed by atoms with E-state index in [-0.39, 0.29) is 17.4 Å². The lowest BCUT2D eigenvalue weighted by atomic mass is 9.69. The van der Waals surface area contributed by atoms with Gasteiger partial charge in [0.05, 0.1) is 23.6 Å². The first-order valence-corrected chi connectivity index (χ1v) is 7.50. The number of hydrogen-bond acceptors (Lipinski definition) is 3. The lowest BCUT2D eigenvalue weighted by Crippen LogP contribution is -2.37. The Hall–Kier alpha value is -2.00. The van der Waals surface area contributed by atoms with Crippen LogP contribution in [0.1, 0.15) is 45.6 Å². The Morgan fingerprint density at radius 1 is 1.10 bits per heavy atom. The van der Waals surface area contributed by atoms with E-state index in [4.69, 9.17) is 10.00 Å². The molecule has 0 spiro atoms. The second kappa shape index (κ2) is 6.19. The maximum Gasteiger partial charge on any atom is 0.119 e. The topological polar surface area (TPSA) is 56.8 Å². The Bertz CT molecular complexity index is 557. The van der Waals surface area contributed by atoms with Crippen LogP contribution in [0.3, 0.4) is 0 Å². The average Bonchev–Trinajstić information content (AvgIpc) is 2.47. The van der Waals surface area contributed by atoms with Crippen molar-refractivity contribution in [2.24, 2.45) is 17.3 Å². The molecule has 2 rings (SSSR count). The first-order chi connectivity index (χ1) is 9.94. The van der Waals surface area contributed by atoms with Crippen molar-refractivity contribution in [3.05, 3.63) is 29.8 Å². The minimum Gasteiger partial charge on any atom is -0.489 e. The Kier molecular flexibility index (Phi) is 4.53. The van der Waals surface area contributed by atoms with Gasteiger partial charge in [-0.05, 0) is 54.9 Å². The molecule has 0 radical (unpaired) electrons. The van der Waals surface area contributed by atoms with Crippen molar-refractivity contribution in [1.82, 2.24) is 0 Å². The van der Waals surface area contributed by atoms with Gasteiger partial charge in [0.2, 0.25) is 0 Å². The first kappa shape index (κ1) is 15.4. The quantitative estimate of drug-likeness (QED) is 0.813. The zero-order valence-corrected chi connectivity index (χ0v) is 13.0. The monoisotopic (exact) mass is 282 g/mol. The molecule has 0 N–H and O–H groups in total. The molecule has 0 aliphatic heterocycles. The molecule has 3 nitrogen and oxygen atoms in total. The Morgan fingerprint density at radius 3 is 2.29 bits per heavy atom. The summed E-state index contributed by atoms with van der Waals surface area (Å²) in [4.78, 5) is 0. The standard InChI is InChI=1S/C18H22N2O/c1-18(2,3)15-7-6-14(12-20)17(10-15)21-16-8-4-13(11-19)5-9-16/h4-5,8-9,14-15,17H,6-7,10H2,1-3H3. The van der Waals surface area contributed by atoms with Crippen LogP contribution in [0.2, 0.25) is 0 Å². The summed E-state index contributed by atoms with van der Waals surface area (Å²) in [5, 5.41) is 18.2. The number of hydrogen-bond donors (Lipinski definition) is 0. The van der Waals surface area contributed by atoms with E-state index in [0.717, 1.165) is 25.0 Å². The van der Waals surface area contributed by atoms with Crippen LogP contribution >= 0.6 is 0 Å². The second-order valence-corrected chi connectivity index (χ2v) is 6.90. The van der Waals surface area contributed by atoms with Gasteiger partial charge >= 0.3 is 0 Å². The van der Waals surface area contributed by atoms with Gasteiger partial charge < -0.3 is 4.74 Å². The third kappa shape index (κ3) is 3.76. The maximum absolute atomic E-state index is 9.34. The molecule has 1 aromatic rings. The van der Waals surface area contributed by atoms with Crippen LogP contribution in [0, 0.1) is 39.9 Å². The lowest BCUT2D eigenvalue weighted by molar-refractivity contribution is 0.0493. The molecule has 21 heavy (non-hydrogen) atoms. The Balaban J connectivity index is 2.10. The van der Waals surface area contributed by atoms with Gasteiger partial charge in [-0.3, -0.25) is 0 Å². The van der Waals surface area contributed by atoms with Crippen LogP contribution in [0.15, 0.2) is 24.3 Å². The number of benzene rings is 1. The van der Waals surface area contributed by atoms with Crippen molar-refractivity contribution in [2.75, 3.05) is 0 Å². The van der Waals surface area contributed by atoms with Gasteiger partial charge in [0.1, 0.15) is 11.9 Å². The average molecular weight is 282 g/mol. The van der Waals surface area contributed by atoms with Crippen LogP contribution in [0.4, 0.5) is 0 Å². The van der Waals surface area contributed by atoms with E-state index >= 15 is 0 Å². The minimum absolute atomic E-state index is 0.0424. The van der Waals surface area contributed by atoms with Crippen molar-refractivity contribution in [1.29, 1.82) is 10.5 Å². The predicted molar refractivity (Wildman–Crippen MR) is 81.5 cm³/mol. The van der Waals surface area contributed by atoms with Crippen molar-refractivity contribution in [3.63, 3.8) is 0 Å². The van der Waals surface area contributed by atoms with Gasteiger partial charge in [0.25, 0.3) is 0 Å². The fourth-order valence-electron chi connectivity index (χ4n) is 2.98. The highest BCUT2D eigenvalue weighted by Gasteiger charge is 2.37. The predicted octanol–water partition coefficient (Wildman–Crippen LogP) is 4.29. The summed E-state index contributed by atoms with van der Waals surface area (Å²) in [5.74, 6) is 1.28. The molecule has 1 aliphatic rings. The first-order valence-electron chi connectivity index (χ1n) is 7.50. The summed E-state index contributed by atoms with van der Waals surface area (Å²) in [6.07, 6.45) is 2.86. The lowest BCUT2D eigenvalue weighted by Gasteiger charge is -2.39. The fraction of sp³-hybridized carbons (Fsp3) is 0.556. The van der Waals surface area contributed by atoms with E-state index in [1.807, 2.05) is 12.1 Å². The van der Waals surface area contributed by atoms with E-state index in [0.29, 0.717) is 11.5 Å². The van der Waals surface area contributed by atoms with Crippen molar-refractivity contribution in [3.8, 4) is 17.9 Å². The molecular formula is C18H22N2O. The maximum atomic E-state index is 9.34. The van der Waals surface area contributed by atoms with Crippen LogP contribution in [0.5, 0.6) is 5.75 Å². The largest absolute Gasteiger partial charge is 0.489 e. The summed E-state index contributed by atoms with van der Waals surface area (Å²) in [6, 6.07) is 11.6. The van der Waals surface area contributed by atoms with E-state index < -0.39 is 0 Å². The SMILES string of the molecule is CC(C)(C)C1CCC(C#N)C(Oc2ccc(C#N)cc2)C1. The summed E-state index contributed by atoms with van der Waals surface area (Å²) in [7, 11) is 0. The molecule has 1 fully saturated rings. The molecule has 1 saturated carbocycles. The molecular weight excluding hydrogens is 260 g/mol. The van der Waals surface area contributed by atoms with Crippen LogP contribution in [-0.4, -0.2) is 6.10 Å². The number of ether oxygens (including phenoxy) is 1. The zero-order valence-electron chi connectivity index (χ0n) is 13.0. The molecule has 3 unspecified atom stereocenters. The highest BCUT2D eigenvalue weighted by molar-refractivity contribution is 5.34. The minimum atomic E-state index is -0.0547. The normalized spacial score (nSPS) is 25.7. The van der Waals surface area contributed by atoms with Crippen molar-refractivity contribution in [2.45, 2.75) is 46.1 Å².